The first-order chi connectivity index (χ1) is 11.9. The predicted octanol–water partition coefficient (Wildman–Crippen LogP) is 4.66. The Bertz CT molecular complexity index is 584. The van der Waals surface area contributed by atoms with E-state index in [0.717, 1.165) is 17.6 Å². The molecule has 5 atom stereocenters. The minimum absolute atomic E-state index is 0.137. The molecular weight excluding hydrogens is 312 g/mol. The maximum Gasteiger partial charge on any atom is 0.317 e. The molecule has 2 fully saturated rings. The Morgan fingerprint density at radius 1 is 1.04 bits per heavy atom. The van der Waals surface area contributed by atoms with Crippen molar-refractivity contribution in [1.82, 2.24) is 10.6 Å². The van der Waals surface area contributed by atoms with Crippen LogP contribution >= 0.6 is 0 Å². The lowest BCUT2D eigenvalue weighted by Crippen LogP contribution is -2.49. The van der Waals surface area contributed by atoms with Crippen molar-refractivity contribution in [3.05, 3.63) is 29.8 Å². The first-order valence-electron chi connectivity index (χ1n) is 9.76. The van der Waals surface area contributed by atoms with Crippen molar-refractivity contribution >= 4 is 6.03 Å². The first kappa shape index (κ1) is 18.1. The number of benzene rings is 1. The highest BCUT2D eigenvalue weighted by atomic mass is 16.5. The van der Waals surface area contributed by atoms with Crippen molar-refractivity contribution in [3.63, 3.8) is 0 Å². The van der Waals surface area contributed by atoms with E-state index in [-0.39, 0.29) is 18.3 Å². The summed E-state index contributed by atoms with van der Waals surface area (Å²) in [6.07, 6.45) is 5.01. The van der Waals surface area contributed by atoms with Crippen LogP contribution in [0.3, 0.4) is 0 Å². The smallest absolute Gasteiger partial charge is 0.317 e. The number of fused-ring (bicyclic) bond motifs is 2. The first-order valence-corrected chi connectivity index (χ1v) is 9.76. The lowest BCUT2D eigenvalue weighted by atomic mass is 9.84. The lowest BCUT2D eigenvalue weighted by molar-refractivity contribution is 0.170. The number of nitrogens with one attached hydrogen (secondary N) is 2. The molecule has 2 aliphatic carbocycles. The third kappa shape index (κ3) is 4.47. The van der Waals surface area contributed by atoms with Crippen molar-refractivity contribution in [2.75, 3.05) is 0 Å². The van der Waals surface area contributed by atoms with Gasteiger partial charge in [-0.05, 0) is 74.5 Å². The van der Waals surface area contributed by atoms with Crippen LogP contribution in [-0.4, -0.2) is 18.3 Å². The number of ether oxygens (including phenoxy) is 1. The third-order valence-electron chi connectivity index (χ3n) is 5.99. The molecule has 138 valence electrons. The average Bonchev–Trinajstić information content (AvgIpc) is 3.18. The number of amides is 2. The molecule has 2 saturated carbocycles. The minimum atomic E-state index is -0.364. The molecule has 2 aliphatic rings. The Kier molecular flexibility index (Phi) is 5.55. The fraction of sp³-hybridized carbons (Fsp3) is 0.667. The highest BCUT2D eigenvalue weighted by molar-refractivity contribution is 5.74. The van der Waals surface area contributed by atoms with E-state index in [1.165, 1.54) is 31.2 Å². The van der Waals surface area contributed by atoms with Crippen LogP contribution in [0.15, 0.2) is 24.3 Å². The molecular formula is C21H32N2O2. The number of hydrogen-bond donors (Lipinski definition) is 2. The Morgan fingerprint density at radius 2 is 1.76 bits per heavy atom. The summed E-state index contributed by atoms with van der Waals surface area (Å²) < 4.78 is 5.80. The predicted molar refractivity (Wildman–Crippen MR) is 101 cm³/mol. The molecule has 25 heavy (non-hydrogen) atoms. The zero-order valence-electron chi connectivity index (χ0n) is 15.9. The van der Waals surface area contributed by atoms with Gasteiger partial charge in [-0.2, -0.15) is 0 Å². The molecule has 0 aromatic heterocycles. The van der Waals surface area contributed by atoms with Crippen molar-refractivity contribution in [1.29, 1.82) is 0 Å². The molecule has 0 saturated heterocycles. The van der Waals surface area contributed by atoms with E-state index in [0.29, 0.717) is 11.8 Å². The molecule has 0 spiro atoms. The van der Waals surface area contributed by atoms with Gasteiger partial charge in [0.25, 0.3) is 0 Å². The summed E-state index contributed by atoms with van der Waals surface area (Å²) in [4.78, 5) is 12.3. The zero-order valence-corrected chi connectivity index (χ0v) is 15.9. The van der Waals surface area contributed by atoms with E-state index in [1.807, 2.05) is 19.1 Å². The van der Waals surface area contributed by atoms with Gasteiger partial charge in [0, 0.05) is 6.04 Å². The van der Waals surface area contributed by atoms with E-state index in [2.05, 4.69) is 43.5 Å². The van der Waals surface area contributed by atoms with E-state index in [9.17, 15) is 4.79 Å². The molecule has 2 N–H and O–H groups in total. The summed E-state index contributed by atoms with van der Waals surface area (Å²) in [6.45, 7) is 8.34. The molecule has 0 aliphatic heterocycles. The van der Waals surface area contributed by atoms with E-state index in [4.69, 9.17) is 4.74 Å². The number of hydrogen-bond acceptors (Lipinski definition) is 2. The highest BCUT2D eigenvalue weighted by Crippen LogP contribution is 2.49. The molecule has 0 heterocycles. The summed E-state index contributed by atoms with van der Waals surface area (Å²) in [5.74, 6) is 3.64. The Morgan fingerprint density at radius 3 is 2.32 bits per heavy atom. The molecule has 1 aromatic carbocycles. The van der Waals surface area contributed by atoms with Crippen LogP contribution < -0.4 is 15.4 Å². The molecule has 4 heteroatoms. The van der Waals surface area contributed by atoms with Gasteiger partial charge in [-0.15, -0.1) is 0 Å². The normalized spacial score (nSPS) is 27.2. The SMILES string of the molecule is CC(NC(=O)NC(C)C1CC2CCC1C2)Oc1ccc(C(C)C)cc1. The molecule has 2 bridgehead atoms. The third-order valence-corrected chi connectivity index (χ3v) is 5.99. The fourth-order valence-electron chi connectivity index (χ4n) is 4.61. The van der Waals surface area contributed by atoms with Crippen LogP contribution in [-0.2, 0) is 0 Å². The van der Waals surface area contributed by atoms with Gasteiger partial charge < -0.3 is 15.4 Å². The molecule has 2 amide bonds. The second-order valence-electron chi connectivity index (χ2n) is 8.23. The fourth-order valence-corrected chi connectivity index (χ4v) is 4.61. The van der Waals surface area contributed by atoms with Gasteiger partial charge in [-0.3, -0.25) is 0 Å². The summed E-state index contributed by atoms with van der Waals surface area (Å²) >= 11 is 0. The van der Waals surface area contributed by atoms with Gasteiger partial charge in [0.2, 0.25) is 0 Å². The lowest BCUT2D eigenvalue weighted by Gasteiger charge is -2.29. The highest BCUT2D eigenvalue weighted by Gasteiger charge is 2.42. The summed E-state index contributed by atoms with van der Waals surface area (Å²) in [5.41, 5.74) is 1.28. The number of carbonyl (C=O) groups is 1. The molecule has 3 rings (SSSR count). The van der Waals surface area contributed by atoms with Crippen LogP contribution in [0.25, 0.3) is 0 Å². The van der Waals surface area contributed by atoms with Gasteiger partial charge in [0.15, 0.2) is 6.23 Å². The largest absolute Gasteiger partial charge is 0.471 e. The number of carbonyl (C=O) groups excluding carboxylic acids is 1. The topological polar surface area (TPSA) is 50.4 Å². The Labute approximate surface area is 151 Å². The average molecular weight is 344 g/mol. The van der Waals surface area contributed by atoms with E-state index < -0.39 is 0 Å². The minimum Gasteiger partial charge on any atom is -0.471 e. The maximum absolute atomic E-state index is 12.3. The van der Waals surface area contributed by atoms with Gasteiger partial charge in [0.05, 0.1) is 0 Å². The van der Waals surface area contributed by atoms with Crippen LogP contribution in [0.4, 0.5) is 4.79 Å². The molecule has 4 nitrogen and oxygen atoms in total. The van der Waals surface area contributed by atoms with Crippen LogP contribution in [0.2, 0.25) is 0 Å². The quantitative estimate of drug-likeness (QED) is 0.738. The van der Waals surface area contributed by atoms with E-state index in [1.54, 1.807) is 0 Å². The number of rotatable bonds is 6. The maximum atomic E-state index is 12.3. The van der Waals surface area contributed by atoms with Crippen LogP contribution in [0.1, 0.15) is 64.9 Å². The van der Waals surface area contributed by atoms with Crippen molar-refractivity contribution in [3.8, 4) is 5.75 Å². The van der Waals surface area contributed by atoms with Gasteiger partial charge >= 0.3 is 6.03 Å². The Balaban J connectivity index is 1.44. The van der Waals surface area contributed by atoms with Gasteiger partial charge in [-0.1, -0.05) is 32.4 Å². The standard InChI is InChI=1S/C21H32N2O2/c1-13(2)17-7-9-19(10-8-17)25-15(4)23-21(24)22-14(3)20-12-16-5-6-18(20)11-16/h7-10,13-16,18,20H,5-6,11-12H2,1-4H3,(H2,22,23,24). The van der Waals surface area contributed by atoms with Gasteiger partial charge in [0.1, 0.15) is 5.75 Å². The Hall–Kier alpha value is -1.71. The monoisotopic (exact) mass is 344 g/mol. The molecule has 1 aromatic rings. The van der Waals surface area contributed by atoms with Crippen LogP contribution in [0, 0.1) is 17.8 Å². The second kappa shape index (κ2) is 7.67. The summed E-state index contributed by atoms with van der Waals surface area (Å²) in [5, 5.41) is 6.01. The summed E-state index contributed by atoms with van der Waals surface area (Å²) in [6, 6.07) is 8.16. The van der Waals surface area contributed by atoms with Gasteiger partial charge in [-0.25, -0.2) is 4.79 Å². The molecule has 0 radical (unpaired) electrons. The van der Waals surface area contributed by atoms with Crippen molar-refractivity contribution in [2.24, 2.45) is 17.8 Å². The number of urea groups is 1. The zero-order chi connectivity index (χ0) is 18.0. The van der Waals surface area contributed by atoms with Crippen molar-refractivity contribution in [2.45, 2.75) is 71.6 Å². The van der Waals surface area contributed by atoms with E-state index >= 15 is 0 Å². The second-order valence-corrected chi connectivity index (χ2v) is 8.23. The van der Waals surface area contributed by atoms with Crippen molar-refractivity contribution < 1.29 is 9.53 Å². The van der Waals surface area contributed by atoms with Crippen LogP contribution in [0.5, 0.6) is 5.75 Å². The molecule has 5 unspecified atom stereocenters. The summed E-state index contributed by atoms with van der Waals surface area (Å²) in [7, 11) is 0.